The van der Waals surface area contributed by atoms with Gasteiger partial charge in [0.05, 0.1) is 15.2 Å². The minimum absolute atomic E-state index is 0.00421. The predicted molar refractivity (Wildman–Crippen MR) is 80.8 cm³/mol. The lowest BCUT2D eigenvalue weighted by Crippen LogP contribution is -2.12. The first-order valence-corrected chi connectivity index (χ1v) is 7.17. The maximum absolute atomic E-state index is 11.8. The molecule has 0 aliphatic carbocycles. The van der Waals surface area contributed by atoms with Crippen LogP contribution in [0.3, 0.4) is 0 Å². The number of pyridine rings is 1. The van der Waals surface area contributed by atoms with Crippen LogP contribution in [0.4, 0.5) is 5.69 Å². The molecular weight excluding hydrogens is 270 g/mol. The predicted octanol–water partition coefficient (Wildman–Crippen LogP) is 3.26. The molecule has 0 saturated heterocycles. The van der Waals surface area contributed by atoms with Crippen LogP contribution in [0.2, 0.25) is 0 Å². The zero-order chi connectivity index (χ0) is 13.8. The number of thiazole rings is 1. The molecular formula is C15H13N3OS. The molecule has 1 amide bonds. The van der Waals surface area contributed by atoms with Gasteiger partial charge >= 0.3 is 0 Å². The maximum atomic E-state index is 11.8. The molecule has 1 N–H and O–H groups in total. The van der Waals surface area contributed by atoms with Crippen LogP contribution >= 0.6 is 11.3 Å². The van der Waals surface area contributed by atoms with E-state index in [0.29, 0.717) is 12.8 Å². The third-order valence-corrected chi connectivity index (χ3v) is 3.96. The van der Waals surface area contributed by atoms with Crippen molar-refractivity contribution in [2.45, 2.75) is 12.8 Å². The van der Waals surface area contributed by atoms with E-state index in [1.807, 2.05) is 24.3 Å². The van der Waals surface area contributed by atoms with E-state index in [4.69, 9.17) is 0 Å². The average molecular weight is 283 g/mol. The lowest BCUT2D eigenvalue weighted by Gasteiger charge is -2.03. The van der Waals surface area contributed by atoms with Gasteiger partial charge in [-0.25, -0.2) is 4.98 Å². The summed E-state index contributed by atoms with van der Waals surface area (Å²) in [6.45, 7) is 0. The maximum Gasteiger partial charge on any atom is 0.224 e. The Kier molecular flexibility index (Phi) is 3.69. The summed E-state index contributed by atoms with van der Waals surface area (Å²) >= 11 is 1.64. The smallest absolute Gasteiger partial charge is 0.224 e. The Bertz CT molecular complexity index is 691. The van der Waals surface area contributed by atoms with Crippen molar-refractivity contribution in [2.75, 3.05) is 5.32 Å². The minimum atomic E-state index is -0.00421. The van der Waals surface area contributed by atoms with Crippen molar-refractivity contribution in [1.29, 1.82) is 0 Å². The number of carbonyl (C=O) groups excluding carboxylic acids is 1. The van der Waals surface area contributed by atoms with Gasteiger partial charge in [-0.1, -0.05) is 12.1 Å². The number of hydrogen-bond acceptors (Lipinski definition) is 4. The number of fused-ring (bicyclic) bond motifs is 1. The molecule has 0 fully saturated rings. The highest BCUT2D eigenvalue weighted by atomic mass is 32.1. The Labute approximate surface area is 120 Å². The monoisotopic (exact) mass is 283 g/mol. The number of nitrogens with one attached hydrogen (secondary N) is 1. The summed E-state index contributed by atoms with van der Waals surface area (Å²) in [5.41, 5.74) is 1.77. The number of amides is 1. The number of para-hydroxylation sites is 1. The van der Waals surface area contributed by atoms with Gasteiger partial charge in [0.1, 0.15) is 0 Å². The van der Waals surface area contributed by atoms with Crippen LogP contribution < -0.4 is 5.32 Å². The molecule has 3 rings (SSSR count). The molecule has 0 bridgehead atoms. The summed E-state index contributed by atoms with van der Waals surface area (Å²) in [6.07, 6.45) is 4.41. The van der Waals surface area contributed by atoms with E-state index in [9.17, 15) is 4.79 Å². The van der Waals surface area contributed by atoms with Crippen LogP contribution in [0.1, 0.15) is 11.4 Å². The lowest BCUT2D eigenvalue weighted by molar-refractivity contribution is -0.116. The van der Waals surface area contributed by atoms with Crippen molar-refractivity contribution in [3.63, 3.8) is 0 Å². The normalized spacial score (nSPS) is 10.6. The van der Waals surface area contributed by atoms with E-state index in [1.165, 1.54) is 0 Å². The van der Waals surface area contributed by atoms with Crippen LogP contribution in [0, 0.1) is 0 Å². The van der Waals surface area contributed by atoms with Gasteiger partial charge in [-0.05, 0) is 24.3 Å². The molecule has 2 aromatic heterocycles. The molecule has 0 aliphatic rings. The molecule has 3 aromatic rings. The molecule has 20 heavy (non-hydrogen) atoms. The van der Waals surface area contributed by atoms with Crippen molar-refractivity contribution in [2.24, 2.45) is 0 Å². The fourth-order valence-electron chi connectivity index (χ4n) is 1.91. The number of hydrogen-bond donors (Lipinski definition) is 1. The Hall–Kier alpha value is -2.27. The second-order valence-electron chi connectivity index (χ2n) is 4.36. The SMILES string of the molecule is O=C(CCc1nc2ccccc2s1)Nc1ccncc1. The van der Waals surface area contributed by atoms with Crippen LogP contribution in [0.5, 0.6) is 0 Å². The van der Waals surface area contributed by atoms with Gasteiger partial charge in [-0.2, -0.15) is 0 Å². The number of rotatable bonds is 4. The first-order valence-electron chi connectivity index (χ1n) is 6.35. The summed E-state index contributed by atoms with van der Waals surface area (Å²) in [4.78, 5) is 20.3. The van der Waals surface area contributed by atoms with E-state index >= 15 is 0 Å². The van der Waals surface area contributed by atoms with Gasteiger partial charge in [-0.3, -0.25) is 9.78 Å². The summed E-state index contributed by atoms with van der Waals surface area (Å²) in [6, 6.07) is 11.6. The first kappa shape index (κ1) is 12.7. The van der Waals surface area contributed by atoms with E-state index in [-0.39, 0.29) is 5.91 Å². The Morgan fingerprint density at radius 2 is 1.95 bits per heavy atom. The number of benzene rings is 1. The molecule has 0 spiro atoms. The standard InChI is InChI=1S/C15H13N3OS/c19-14(17-11-7-9-16-10-8-11)5-6-15-18-12-3-1-2-4-13(12)20-15/h1-4,7-10H,5-6H2,(H,16,17,19). The largest absolute Gasteiger partial charge is 0.326 e. The number of nitrogens with zero attached hydrogens (tertiary/aromatic N) is 2. The molecule has 0 radical (unpaired) electrons. The molecule has 4 nitrogen and oxygen atoms in total. The molecule has 0 unspecified atom stereocenters. The zero-order valence-corrected chi connectivity index (χ0v) is 11.6. The number of anilines is 1. The molecule has 0 atom stereocenters. The van der Waals surface area contributed by atoms with E-state index in [2.05, 4.69) is 15.3 Å². The quantitative estimate of drug-likeness (QED) is 0.799. The molecule has 100 valence electrons. The third kappa shape index (κ3) is 3.00. The van der Waals surface area contributed by atoms with Crippen LogP contribution in [0.15, 0.2) is 48.8 Å². The van der Waals surface area contributed by atoms with E-state index < -0.39 is 0 Å². The van der Waals surface area contributed by atoms with Gasteiger partial charge in [0.15, 0.2) is 0 Å². The molecule has 0 aliphatic heterocycles. The lowest BCUT2D eigenvalue weighted by atomic mass is 10.3. The zero-order valence-electron chi connectivity index (χ0n) is 10.7. The van der Waals surface area contributed by atoms with Crippen LogP contribution in [-0.4, -0.2) is 15.9 Å². The Morgan fingerprint density at radius 1 is 1.15 bits per heavy atom. The average Bonchev–Trinajstić information content (AvgIpc) is 2.89. The number of carbonyl (C=O) groups is 1. The Balaban J connectivity index is 1.60. The van der Waals surface area contributed by atoms with Gasteiger partial charge in [-0.15, -0.1) is 11.3 Å². The van der Waals surface area contributed by atoms with Crippen molar-refractivity contribution < 1.29 is 4.79 Å². The highest BCUT2D eigenvalue weighted by Crippen LogP contribution is 2.22. The van der Waals surface area contributed by atoms with E-state index in [1.54, 1.807) is 35.9 Å². The summed E-state index contributed by atoms with van der Waals surface area (Å²) < 4.78 is 1.16. The second-order valence-corrected chi connectivity index (χ2v) is 5.47. The molecule has 5 heteroatoms. The highest BCUT2D eigenvalue weighted by Gasteiger charge is 2.07. The molecule has 0 saturated carbocycles. The third-order valence-electron chi connectivity index (χ3n) is 2.87. The fourth-order valence-corrected chi connectivity index (χ4v) is 2.87. The number of aromatic nitrogens is 2. The summed E-state index contributed by atoms with van der Waals surface area (Å²) in [7, 11) is 0. The first-order chi connectivity index (χ1) is 9.81. The van der Waals surface area contributed by atoms with Gasteiger partial charge in [0, 0.05) is 30.9 Å². The highest BCUT2D eigenvalue weighted by molar-refractivity contribution is 7.18. The Morgan fingerprint density at radius 3 is 2.75 bits per heavy atom. The van der Waals surface area contributed by atoms with Crippen molar-refractivity contribution in [3.8, 4) is 0 Å². The summed E-state index contributed by atoms with van der Waals surface area (Å²) in [5.74, 6) is -0.00421. The molecule has 2 heterocycles. The molecule has 1 aromatic carbocycles. The van der Waals surface area contributed by atoms with Crippen LogP contribution in [0.25, 0.3) is 10.2 Å². The van der Waals surface area contributed by atoms with Gasteiger partial charge in [0.25, 0.3) is 0 Å². The van der Waals surface area contributed by atoms with E-state index in [0.717, 1.165) is 20.9 Å². The second kappa shape index (κ2) is 5.79. The van der Waals surface area contributed by atoms with Crippen molar-refractivity contribution in [1.82, 2.24) is 9.97 Å². The van der Waals surface area contributed by atoms with Crippen LogP contribution in [-0.2, 0) is 11.2 Å². The minimum Gasteiger partial charge on any atom is -0.326 e. The fraction of sp³-hybridized carbons (Fsp3) is 0.133. The van der Waals surface area contributed by atoms with Gasteiger partial charge in [0.2, 0.25) is 5.91 Å². The van der Waals surface area contributed by atoms with Gasteiger partial charge < -0.3 is 5.32 Å². The van der Waals surface area contributed by atoms with Crippen molar-refractivity contribution >= 4 is 33.1 Å². The topological polar surface area (TPSA) is 54.9 Å². The summed E-state index contributed by atoms with van der Waals surface area (Å²) in [5, 5.41) is 3.84. The van der Waals surface area contributed by atoms with Crippen molar-refractivity contribution in [3.05, 3.63) is 53.8 Å². The number of aryl methyl sites for hydroxylation is 1.